The number of amides is 5. The van der Waals surface area contributed by atoms with Crippen LogP contribution in [-0.4, -0.2) is 85.1 Å². The molecule has 1 aliphatic heterocycles. The summed E-state index contributed by atoms with van der Waals surface area (Å²) >= 11 is 0. The summed E-state index contributed by atoms with van der Waals surface area (Å²) in [6.07, 6.45) is 2.76. The summed E-state index contributed by atoms with van der Waals surface area (Å²) in [4.78, 5) is 81.6. The number of carbonyl (C=O) groups is 6. The highest BCUT2D eigenvalue weighted by Gasteiger charge is 2.48. The van der Waals surface area contributed by atoms with E-state index in [0.29, 0.717) is 29.7 Å². The highest BCUT2D eigenvalue weighted by atomic mass is 16.5. The normalized spacial score (nSPS) is 19.6. The van der Waals surface area contributed by atoms with Gasteiger partial charge in [-0.15, -0.1) is 0 Å². The smallest absolute Gasteiger partial charge is 0.316 e. The van der Waals surface area contributed by atoms with E-state index in [4.69, 9.17) is 4.74 Å². The Balaban J connectivity index is 1.84. The summed E-state index contributed by atoms with van der Waals surface area (Å²) in [5.74, 6) is -2.29. The molecule has 1 saturated heterocycles. The van der Waals surface area contributed by atoms with Crippen LogP contribution in [0, 0.1) is 23.2 Å². The van der Waals surface area contributed by atoms with Crippen molar-refractivity contribution in [2.75, 3.05) is 20.7 Å². The number of carbonyl (C=O) groups excluding carboxylic acids is 6. The van der Waals surface area contributed by atoms with Crippen molar-refractivity contribution in [1.82, 2.24) is 26.2 Å². The van der Waals surface area contributed by atoms with E-state index in [0.717, 1.165) is 12.8 Å². The molecule has 1 aromatic carbocycles. The van der Waals surface area contributed by atoms with E-state index in [1.165, 1.54) is 19.1 Å². The van der Waals surface area contributed by atoms with E-state index in [9.17, 15) is 28.8 Å². The number of nitrogens with one attached hydrogen (secondary N) is 4. The van der Waals surface area contributed by atoms with Crippen LogP contribution in [0.15, 0.2) is 36.4 Å². The van der Waals surface area contributed by atoms with Gasteiger partial charge in [-0.25, -0.2) is 4.79 Å². The first-order valence-corrected chi connectivity index (χ1v) is 16.3. The molecule has 1 aromatic rings. The Morgan fingerprint density at radius 3 is 2.21 bits per heavy atom. The fraction of sp³-hybridized carbons (Fsp3) is 0.600. The van der Waals surface area contributed by atoms with Crippen LogP contribution in [0.3, 0.4) is 0 Å². The largest absolute Gasteiger partial charge is 0.497 e. The van der Waals surface area contributed by atoms with Crippen LogP contribution >= 0.6 is 0 Å². The molecule has 1 aliphatic carbocycles. The van der Waals surface area contributed by atoms with Crippen LogP contribution in [0.5, 0.6) is 5.75 Å². The molecule has 3 rings (SSSR count). The minimum absolute atomic E-state index is 0.0309. The van der Waals surface area contributed by atoms with Gasteiger partial charge in [-0.1, -0.05) is 71.7 Å². The van der Waals surface area contributed by atoms with E-state index >= 15 is 0 Å². The van der Waals surface area contributed by atoms with Crippen molar-refractivity contribution >= 4 is 35.3 Å². The molecule has 4 N–H and O–H groups in total. The summed E-state index contributed by atoms with van der Waals surface area (Å²) in [6, 6.07) is 1.76. The standard InChI is InChI=1S/C35H51N5O7/c1-19(2)24-15-16-40(27(24)31(43)37-25(17-21-13-14-21)29(42)32(44)36-8)33(45)30(35(5,6)7)39-34(46)38-26(20(3)4)28(41)22-11-10-12-23(18-22)47-9/h10-12,18-19,21,24-27,30H,3,13-17H2,1-2,4-9H3,(H,36,44)(H,37,43)(H2,38,39,46)/t24-,25?,26+,27?,30-/m1/s1. The van der Waals surface area contributed by atoms with Crippen LogP contribution in [0.1, 0.15) is 77.6 Å². The van der Waals surface area contributed by atoms with E-state index in [1.54, 1.807) is 52.0 Å². The van der Waals surface area contributed by atoms with Crippen LogP contribution in [0.2, 0.25) is 0 Å². The van der Waals surface area contributed by atoms with Gasteiger partial charge in [-0.2, -0.15) is 0 Å². The minimum atomic E-state index is -1.07. The second kappa shape index (κ2) is 15.6. The van der Waals surface area contributed by atoms with Crippen molar-refractivity contribution in [2.24, 2.45) is 23.2 Å². The van der Waals surface area contributed by atoms with E-state index in [1.807, 2.05) is 13.8 Å². The van der Waals surface area contributed by atoms with Crippen LogP contribution in [0.25, 0.3) is 0 Å². The maximum atomic E-state index is 14.3. The van der Waals surface area contributed by atoms with E-state index in [2.05, 4.69) is 27.8 Å². The molecule has 5 atom stereocenters. The summed E-state index contributed by atoms with van der Waals surface area (Å²) < 4.78 is 5.23. The van der Waals surface area contributed by atoms with Crippen molar-refractivity contribution < 1.29 is 33.5 Å². The molecule has 0 spiro atoms. The number of likely N-dealkylation sites (N-methyl/N-ethyl adjacent to an activating group) is 1. The molecule has 1 heterocycles. The predicted molar refractivity (Wildman–Crippen MR) is 178 cm³/mol. The first-order valence-electron chi connectivity index (χ1n) is 16.3. The summed E-state index contributed by atoms with van der Waals surface area (Å²) in [5, 5.41) is 10.6. The lowest BCUT2D eigenvalue weighted by Gasteiger charge is -2.37. The third kappa shape index (κ3) is 9.42. The molecule has 12 nitrogen and oxygen atoms in total. The molecule has 0 bridgehead atoms. The van der Waals surface area contributed by atoms with Crippen molar-refractivity contribution in [3.8, 4) is 5.75 Å². The average Bonchev–Trinajstić information content (AvgIpc) is 3.72. The number of methoxy groups -OCH3 is 1. The molecule has 47 heavy (non-hydrogen) atoms. The molecular weight excluding hydrogens is 602 g/mol. The lowest BCUT2D eigenvalue weighted by molar-refractivity contribution is -0.144. The number of urea groups is 1. The number of rotatable bonds is 14. The number of ketones is 2. The molecular formula is C35H51N5O7. The Hall–Kier alpha value is -4.22. The topological polar surface area (TPSA) is 163 Å². The van der Waals surface area contributed by atoms with Crippen molar-refractivity contribution in [2.45, 2.75) is 91.4 Å². The van der Waals surface area contributed by atoms with E-state index in [-0.39, 0.29) is 24.3 Å². The highest BCUT2D eigenvalue weighted by Crippen LogP contribution is 2.35. The van der Waals surface area contributed by atoms with Crippen LogP contribution < -0.4 is 26.0 Å². The Kier molecular flexibility index (Phi) is 12.3. The maximum Gasteiger partial charge on any atom is 0.316 e. The molecule has 1 saturated carbocycles. The van der Waals surface area contributed by atoms with Gasteiger partial charge in [0.2, 0.25) is 17.6 Å². The zero-order chi connectivity index (χ0) is 35.2. The Morgan fingerprint density at radius 1 is 1.02 bits per heavy atom. The minimum Gasteiger partial charge on any atom is -0.497 e. The summed E-state index contributed by atoms with van der Waals surface area (Å²) in [7, 11) is 2.86. The number of Topliss-reactive ketones (excluding diaryl/α,β-unsaturated/α-hetero) is 2. The summed E-state index contributed by atoms with van der Waals surface area (Å²) in [6.45, 7) is 15.1. The van der Waals surface area contributed by atoms with Crippen LogP contribution in [0.4, 0.5) is 4.79 Å². The van der Waals surface area contributed by atoms with Gasteiger partial charge in [0.15, 0.2) is 5.78 Å². The van der Waals surface area contributed by atoms with Gasteiger partial charge in [0.05, 0.1) is 13.2 Å². The van der Waals surface area contributed by atoms with Gasteiger partial charge >= 0.3 is 6.03 Å². The zero-order valence-electron chi connectivity index (χ0n) is 28.9. The highest BCUT2D eigenvalue weighted by molar-refractivity contribution is 6.38. The quantitative estimate of drug-likeness (QED) is 0.136. The number of ether oxygens (including phenoxy) is 1. The number of nitrogens with zero attached hydrogens (tertiary/aromatic N) is 1. The van der Waals surface area contributed by atoms with Gasteiger partial charge in [0.25, 0.3) is 5.91 Å². The second-order valence-electron chi connectivity index (χ2n) is 14.1. The molecule has 12 heteroatoms. The number of hydrogen-bond donors (Lipinski definition) is 4. The predicted octanol–water partition coefficient (Wildman–Crippen LogP) is 3.01. The Bertz CT molecular complexity index is 1380. The SMILES string of the molecule is C=C(C)[C@H](NC(=O)N[C@H](C(=O)N1CC[C@H](C(C)C)C1C(=O)NC(CC1CC1)C(=O)C(=O)NC)C(C)(C)C)C(=O)c1cccc(OC)c1. The van der Waals surface area contributed by atoms with Gasteiger partial charge in [0.1, 0.15) is 23.9 Å². The van der Waals surface area contributed by atoms with Crippen molar-refractivity contribution in [1.29, 1.82) is 0 Å². The molecule has 2 unspecified atom stereocenters. The molecule has 0 radical (unpaired) electrons. The van der Waals surface area contributed by atoms with Gasteiger partial charge in [-0.3, -0.25) is 24.0 Å². The van der Waals surface area contributed by atoms with Gasteiger partial charge in [0, 0.05) is 19.2 Å². The average molecular weight is 654 g/mol. The van der Waals surface area contributed by atoms with E-state index < -0.39 is 64.9 Å². The Labute approximate surface area is 277 Å². The third-order valence-electron chi connectivity index (χ3n) is 8.98. The number of hydrogen-bond acceptors (Lipinski definition) is 7. The van der Waals surface area contributed by atoms with Crippen LogP contribution in [-0.2, 0) is 19.2 Å². The Morgan fingerprint density at radius 2 is 1.68 bits per heavy atom. The lowest BCUT2D eigenvalue weighted by atomic mass is 9.84. The third-order valence-corrected chi connectivity index (χ3v) is 8.98. The van der Waals surface area contributed by atoms with Crippen molar-refractivity contribution in [3.63, 3.8) is 0 Å². The molecule has 0 aromatic heterocycles. The van der Waals surface area contributed by atoms with Gasteiger partial charge in [-0.05, 0) is 55.1 Å². The molecule has 2 fully saturated rings. The second-order valence-corrected chi connectivity index (χ2v) is 14.1. The zero-order valence-corrected chi connectivity index (χ0v) is 28.9. The first-order chi connectivity index (χ1) is 22.0. The fourth-order valence-corrected chi connectivity index (χ4v) is 6.03. The lowest BCUT2D eigenvalue weighted by Crippen LogP contribution is -2.61. The number of benzene rings is 1. The maximum absolute atomic E-state index is 14.3. The van der Waals surface area contributed by atoms with Crippen molar-refractivity contribution in [3.05, 3.63) is 42.0 Å². The van der Waals surface area contributed by atoms with Gasteiger partial charge < -0.3 is 30.9 Å². The fourth-order valence-electron chi connectivity index (χ4n) is 6.03. The monoisotopic (exact) mass is 653 g/mol. The molecule has 5 amide bonds. The molecule has 258 valence electrons. The first kappa shape index (κ1) is 37.2. The number of likely N-dealkylation sites (tertiary alicyclic amines) is 1. The molecule has 2 aliphatic rings. The summed E-state index contributed by atoms with van der Waals surface area (Å²) in [5.41, 5.74) is -0.0683.